The summed E-state index contributed by atoms with van der Waals surface area (Å²) in [6.45, 7) is -0.423. The maximum absolute atomic E-state index is 12.3. The molecular weight excluding hydrogens is 303 g/mol. The Balaban J connectivity index is 3.18. The molecular formula is C10H9ClF3N3O3. The zero-order valence-electron chi connectivity index (χ0n) is 10.1. The highest BCUT2D eigenvalue weighted by molar-refractivity contribution is 6.29. The Morgan fingerprint density at radius 1 is 1.55 bits per heavy atom. The zero-order valence-corrected chi connectivity index (χ0v) is 10.9. The minimum absolute atomic E-state index is 0.220. The van der Waals surface area contributed by atoms with E-state index in [0.29, 0.717) is 4.90 Å². The Bertz CT molecular complexity index is 536. The van der Waals surface area contributed by atoms with Crippen molar-refractivity contribution in [2.45, 2.75) is 13.1 Å². The molecule has 0 bridgehead atoms. The van der Waals surface area contributed by atoms with E-state index in [1.807, 2.05) is 0 Å². The number of rotatable bonds is 4. The molecule has 0 N–H and O–H groups in total. The van der Waals surface area contributed by atoms with Crippen LogP contribution in [0.2, 0.25) is 5.15 Å². The fourth-order valence-electron chi connectivity index (χ4n) is 1.45. The Hall–Kier alpha value is -1.90. The highest BCUT2D eigenvalue weighted by Crippen LogP contribution is 2.24. The highest BCUT2D eigenvalue weighted by atomic mass is 35.5. The number of hydrogen-bond acceptors (Lipinski definition) is 4. The predicted molar refractivity (Wildman–Crippen MR) is 63.5 cm³/mol. The van der Waals surface area contributed by atoms with Crippen molar-refractivity contribution in [3.63, 3.8) is 0 Å². The van der Waals surface area contributed by atoms with Crippen LogP contribution in [0.25, 0.3) is 0 Å². The number of aromatic nitrogens is 1. The predicted octanol–water partition coefficient (Wildman–Crippen LogP) is 2.67. The second-order valence-corrected chi connectivity index (χ2v) is 4.10. The molecule has 0 radical (unpaired) electrons. The minimum atomic E-state index is -4.60. The Morgan fingerprint density at radius 3 is 2.60 bits per heavy atom. The molecule has 1 aromatic heterocycles. The van der Waals surface area contributed by atoms with E-state index in [-0.39, 0.29) is 11.7 Å². The van der Waals surface area contributed by atoms with Crippen molar-refractivity contribution in [1.82, 2.24) is 9.88 Å². The van der Waals surface area contributed by atoms with E-state index in [2.05, 4.69) is 4.98 Å². The molecule has 1 heterocycles. The van der Waals surface area contributed by atoms with Gasteiger partial charge in [-0.3, -0.25) is 14.9 Å². The fourth-order valence-corrected chi connectivity index (χ4v) is 1.61. The second kappa shape index (κ2) is 6.04. The number of amides is 1. The molecule has 1 aromatic rings. The van der Waals surface area contributed by atoms with E-state index in [1.165, 1.54) is 6.92 Å². The average molecular weight is 312 g/mol. The average Bonchev–Trinajstić information content (AvgIpc) is 2.33. The first-order chi connectivity index (χ1) is 9.15. The molecule has 0 saturated carbocycles. The minimum Gasteiger partial charge on any atom is -0.330 e. The third-order valence-corrected chi connectivity index (χ3v) is 2.52. The fraction of sp³-hybridized carbons (Fsp3) is 0.400. The van der Waals surface area contributed by atoms with Crippen LogP contribution >= 0.6 is 11.6 Å². The molecule has 6 nitrogen and oxygen atoms in total. The number of nitrogens with zero attached hydrogens (tertiary/aromatic N) is 3. The lowest BCUT2D eigenvalue weighted by Gasteiger charge is -2.22. The van der Waals surface area contributed by atoms with Gasteiger partial charge in [-0.1, -0.05) is 11.6 Å². The van der Waals surface area contributed by atoms with Crippen LogP contribution in [0.15, 0.2) is 12.3 Å². The number of alkyl halides is 3. The summed E-state index contributed by atoms with van der Waals surface area (Å²) >= 11 is 5.52. The summed E-state index contributed by atoms with van der Waals surface area (Å²) < 4.78 is 37.0. The molecule has 0 aliphatic carbocycles. The second-order valence-electron chi connectivity index (χ2n) is 3.72. The topological polar surface area (TPSA) is 76.3 Å². The lowest BCUT2D eigenvalue weighted by atomic mass is 10.2. The largest absolute Gasteiger partial charge is 0.406 e. The summed E-state index contributed by atoms with van der Waals surface area (Å²) in [5, 5.41) is 10.5. The van der Waals surface area contributed by atoms with Crippen LogP contribution in [0.4, 0.5) is 18.9 Å². The summed E-state index contributed by atoms with van der Waals surface area (Å²) in [5.74, 6) is -1.12. The molecule has 0 spiro atoms. The van der Waals surface area contributed by atoms with Gasteiger partial charge in [0, 0.05) is 6.54 Å². The van der Waals surface area contributed by atoms with Crippen LogP contribution in [-0.4, -0.2) is 40.0 Å². The number of nitro groups is 1. The molecule has 0 atom stereocenters. The monoisotopic (exact) mass is 311 g/mol. The third-order valence-electron chi connectivity index (χ3n) is 2.32. The van der Waals surface area contributed by atoms with Crippen LogP contribution in [0, 0.1) is 10.1 Å². The summed E-state index contributed by atoms with van der Waals surface area (Å²) in [6, 6.07) is 0.876. The SMILES string of the molecule is CCN(CC(F)(F)F)C(=O)c1cc(Cl)ncc1[N+](=O)[O-]. The van der Waals surface area contributed by atoms with Crippen molar-refractivity contribution in [2.75, 3.05) is 13.1 Å². The summed E-state index contributed by atoms with van der Waals surface area (Å²) in [6.07, 6.45) is -3.87. The standard InChI is InChI=1S/C10H9ClF3N3O3/c1-2-16(5-10(12,13)14)9(18)6-3-8(11)15-4-7(6)17(19)20/h3-4H,2,5H2,1H3. The van der Waals surface area contributed by atoms with Crippen LogP contribution in [0.3, 0.4) is 0 Å². The molecule has 0 unspecified atom stereocenters. The van der Waals surface area contributed by atoms with Gasteiger partial charge in [-0.05, 0) is 13.0 Å². The van der Waals surface area contributed by atoms with Crippen LogP contribution < -0.4 is 0 Å². The molecule has 1 rings (SSSR count). The van der Waals surface area contributed by atoms with Crippen molar-refractivity contribution in [3.8, 4) is 0 Å². The van der Waals surface area contributed by atoms with E-state index in [0.717, 1.165) is 12.3 Å². The van der Waals surface area contributed by atoms with Gasteiger partial charge >= 0.3 is 6.18 Å². The molecule has 10 heteroatoms. The van der Waals surface area contributed by atoms with Crippen molar-refractivity contribution in [2.24, 2.45) is 0 Å². The van der Waals surface area contributed by atoms with Gasteiger partial charge in [0.15, 0.2) is 0 Å². The lowest BCUT2D eigenvalue weighted by Crippen LogP contribution is -2.39. The molecule has 0 saturated heterocycles. The summed E-state index contributed by atoms with van der Waals surface area (Å²) in [4.78, 5) is 25.7. The molecule has 0 aliphatic rings. The molecule has 1 amide bonds. The van der Waals surface area contributed by atoms with Gasteiger partial charge in [-0.2, -0.15) is 13.2 Å². The highest BCUT2D eigenvalue weighted by Gasteiger charge is 2.34. The Morgan fingerprint density at radius 2 is 2.15 bits per heavy atom. The normalized spacial score (nSPS) is 11.2. The maximum Gasteiger partial charge on any atom is 0.406 e. The van der Waals surface area contributed by atoms with E-state index in [4.69, 9.17) is 11.6 Å². The van der Waals surface area contributed by atoms with Gasteiger partial charge in [0.05, 0.1) is 4.92 Å². The molecule has 0 fully saturated rings. The maximum atomic E-state index is 12.3. The van der Waals surface area contributed by atoms with Gasteiger partial charge in [-0.25, -0.2) is 4.98 Å². The zero-order chi connectivity index (χ0) is 15.5. The molecule has 0 aromatic carbocycles. The van der Waals surface area contributed by atoms with Crippen LogP contribution in [0.5, 0.6) is 0 Å². The van der Waals surface area contributed by atoms with Crippen LogP contribution in [-0.2, 0) is 0 Å². The van der Waals surface area contributed by atoms with Crippen LogP contribution in [0.1, 0.15) is 17.3 Å². The number of halogens is 4. The van der Waals surface area contributed by atoms with Crippen molar-refractivity contribution >= 4 is 23.2 Å². The summed E-state index contributed by atoms with van der Waals surface area (Å²) in [7, 11) is 0. The van der Waals surface area contributed by atoms with Crippen molar-refractivity contribution in [1.29, 1.82) is 0 Å². The van der Waals surface area contributed by atoms with Crippen molar-refractivity contribution < 1.29 is 22.9 Å². The summed E-state index contributed by atoms with van der Waals surface area (Å²) in [5.41, 5.74) is -1.22. The number of carbonyl (C=O) groups is 1. The number of hydrogen-bond donors (Lipinski definition) is 0. The Kier molecular flexibility index (Phi) is 4.88. The first-order valence-electron chi connectivity index (χ1n) is 5.31. The lowest BCUT2D eigenvalue weighted by molar-refractivity contribution is -0.385. The van der Waals surface area contributed by atoms with E-state index in [1.54, 1.807) is 0 Å². The third kappa shape index (κ3) is 4.05. The number of pyridine rings is 1. The van der Waals surface area contributed by atoms with Gasteiger partial charge < -0.3 is 4.90 Å². The molecule has 110 valence electrons. The molecule has 0 aliphatic heterocycles. The van der Waals surface area contributed by atoms with Gasteiger partial charge in [0.2, 0.25) is 0 Å². The molecule has 20 heavy (non-hydrogen) atoms. The van der Waals surface area contributed by atoms with Gasteiger partial charge in [-0.15, -0.1) is 0 Å². The quantitative estimate of drug-likeness (QED) is 0.486. The van der Waals surface area contributed by atoms with E-state index >= 15 is 0 Å². The Labute approximate surface area is 116 Å². The van der Waals surface area contributed by atoms with Gasteiger partial charge in [0.1, 0.15) is 23.5 Å². The van der Waals surface area contributed by atoms with E-state index in [9.17, 15) is 28.1 Å². The first-order valence-corrected chi connectivity index (χ1v) is 5.69. The van der Waals surface area contributed by atoms with Crippen molar-refractivity contribution in [3.05, 3.63) is 33.1 Å². The first kappa shape index (κ1) is 16.2. The van der Waals surface area contributed by atoms with Gasteiger partial charge in [0.25, 0.3) is 11.6 Å². The number of carbonyl (C=O) groups excluding carboxylic acids is 1. The van der Waals surface area contributed by atoms with E-state index < -0.39 is 34.8 Å². The smallest absolute Gasteiger partial charge is 0.330 e.